The zero-order valence-corrected chi connectivity index (χ0v) is 17.2. The highest BCUT2D eigenvalue weighted by atomic mass is 32.2. The highest BCUT2D eigenvalue weighted by Crippen LogP contribution is 2.29. The third-order valence-corrected chi connectivity index (χ3v) is 8.06. The van der Waals surface area contributed by atoms with Gasteiger partial charge in [0.2, 0.25) is 10.0 Å². The lowest BCUT2D eigenvalue weighted by Crippen LogP contribution is -2.40. The number of ether oxygens (including phenoxy) is 1. The van der Waals surface area contributed by atoms with Gasteiger partial charge in [0.1, 0.15) is 0 Å². The van der Waals surface area contributed by atoms with Crippen LogP contribution >= 0.6 is 11.3 Å². The molecule has 4 rings (SSSR count). The number of Topliss-reactive ketones (excluding diaryl/α,β-unsaturated/α-hetero) is 1. The van der Waals surface area contributed by atoms with Crippen LogP contribution in [0.3, 0.4) is 0 Å². The molecule has 2 aromatic rings. The first-order valence-electron chi connectivity index (χ1n) is 9.48. The number of hydrogen-bond donors (Lipinski definition) is 1. The molecule has 1 aliphatic heterocycles. The zero-order valence-electron chi connectivity index (χ0n) is 15.5. The van der Waals surface area contributed by atoms with Crippen LogP contribution in [0.15, 0.2) is 29.2 Å². The number of aryl methyl sites for hydroxylation is 2. The van der Waals surface area contributed by atoms with Crippen LogP contribution < -0.4 is 5.32 Å². The summed E-state index contributed by atoms with van der Waals surface area (Å²) in [6.45, 7) is 1.65. The molecular weight excluding hydrogens is 398 g/mol. The Hall–Kier alpha value is -1.81. The number of aromatic nitrogens is 1. The normalized spacial score (nSPS) is 17.9. The standard InChI is InChI=1S/C19H23N3O4S2/c23-17(13-20-19-21-16-3-1-2-4-18(16)27-19)14-5-7-15(8-6-14)28(24,25)22-9-11-26-12-10-22/h5-8H,1-4,9-13H2,(H,20,21). The van der Waals surface area contributed by atoms with E-state index >= 15 is 0 Å². The third kappa shape index (κ3) is 4.12. The Morgan fingerprint density at radius 2 is 1.86 bits per heavy atom. The first-order chi connectivity index (χ1) is 13.5. The minimum Gasteiger partial charge on any atom is -0.379 e. The molecule has 0 radical (unpaired) electrons. The number of benzene rings is 1. The topological polar surface area (TPSA) is 88.6 Å². The molecule has 7 nitrogen and oxygen atoms in total. The number of carbonyl (C=O) groups is 1. The van der Waals surface area contributed by atoms with E-state index in [1.807, 2.05) is 0 Å². The van der Waals surface area contributed by atoms with Crippen molar-refractivity contribution in [2.45, 2.75) is 30.6 Å². The number of sulfonamides is 1. The Morgan fingerprint density at radius 3 is 2.57 bits per heavy atom. The first-order valence-corrected chi connectivity index (χ1v) is 11.7. The van der Waals surface area contributed by atoms with Crippen molar-refractivity contribution in [1.29, 1.82) is 0 Å². The van der Waals surface area contributed by atoms with Crippen molar-refractivity contribution in [2.75, 3.05) is 38.2 Å². The molecule has 0 spiro atoms. The summed E-state index contributed by atoms with van der Waals surface area (Å²) in [7, 11) is -3.54. The quantitative estimate of drug-likeness (QED) is 0.721. The maximum atomic E-state index is 12.6. The van der Waals surface area contributed by atoms with Gasteiger partial charge in [0, 0.05) is 23.5 Å². The fraction of sp³-hybridized carbons (Fsp3) is 0.474. The van der Waals surface area contributed by atoms with Crippen LogP contribution in [0.25, 0.3) is 0 Å². The lowest BCUT2D eigenvalue weighted by atomic mass is 10.0. The second kappa shape index (κ2) is 8.28. The maximum Gasteiger partial charge on any atom is 0.243 e. The Balaban J connectivity index is 1.39. The molecule has 2 heterocycles. The van der Waals surface area contributed by atoms with Gasteiger partial charge in [0.25, 0.3) is 0 Å². The minimum atomic E-state index is -3.54. The molecule has 1 aliphatic carbocycles. The molecule has 0 amide bonds. The number of nitrogens with zero attached hydrogens (tertiary/aromatic N) is 2. The monoisotopic (exact) mass is 421 g/mol. The number of nitrogens with one attached hydrogen (secondary N) is 1. The maximum absolute atomic E-state index is 12.6. The van der Waals surface area contributed by atoms with Crippen LogP contribution in [-0.4, -0.2) is 56.3 Å². The van der Waals surface area contributed by atoms with E-state index in [9.17, 15) is 13.2 Å². The molecule has 9 heteroatoms. The summed E-state index contributed by atoms with van der Waals surface area (Å²) in [5, 5.41) is 3.90. The first kappa shape index (κ1) is 19.5. The van der Waals surface area contributed by atoms with E-state index in [1.54, 1.807) is 23.5 Å². The number of rotatable bonds is 6. The predicted molar refractivity (Wildman–Crippen MR) is 108 cm³/mol. The third-order valence-electron chi connectivity index (χ3n) is 5.03. The number of anilines is 1. The molecule has 0 atom stereocenters. The Kier molecular flexibility index (Phi) is 5.77. The number of ketones is 1. The predicted octanol–water partition coefficient (Wildman–Crippen LogP) is 2.34. The largest absolute Gasteiger partial charge is 0.379 e. The van der Waals surface area contributed by atoms with Gasteiger partial charge in [-0.15, -0.1) is 11.3 Å². The molecule has 1 aromatic carbocycles. The summed E-state index contributed by atoms with van der Waals surface area (Å²) in [6.07, 6.45) is 4.46. The molecule has 0 unspecified atom stereocenters. The molecule has 1 saturated heterocycles. The van der Waals surface area contributed by atoms with Gasteiger partial charge in [-0.3, -0.25) is 4.79 Å². The average molecular weight is 422 g/mol. The second-order valence-corrected chi connectivity index (χ2v) is 9.94. The van der Waals surface area contributed by atoms with E-state index in [0.717, 1.165) is 23.7 Å². The number of thiazole rings is 1. The highest BCUT2D eigenvalue weighted by molar-refractivity contribution is 7.89. The molecule has 1 fully saturated rings. The summed E-state index contributed by atoms with van der Waals surface area (Å²) in [6, 6.07) is 6.15. The number of morpholine rings is 1. The zero-order chi connectivity index (χ0) is 19.6. The Labute approximate surface area is 168 Å². The number of hydrogen-bond acceptors (Lipinski definition) is 7. The van der Waals surface area contributed by atoms with Crippen LogP contribution in [0.2, 0.25) is 0 Å². The van der Waals surface area contributed by atoms with Crippen molar-refractivity contribution in [3.8, 4) is 0 Å². The van der Waals surface area contributed by atoms with Crippen molar-refractivity contribution in [1.82, 2.24) is 9.29 Å². The van der Waals surface area contributed by atoms with Crippen LogP contribution in [-0.2, 0) is 27.6 Å². The van der Waals surface area contributed by atoms with Gasteiger partial charge in [-0.05, 0) is 49.9 Å². The summed E-state index contributed by atoms with van der Waals surface area (Å²) in [5.74, 6) is -0.0940. The van der Waals surface area contributed by atoms with E-state index in [-0.39, 0.29) is 17.2 Å². The van der Waals surface area contributed by atoms with Gasteiger partial charge in [0.05, 0.1) is 30.3 Å². The van der Waals surface area contributed by atoms with Crippen LogP contribution in [0.1, 0.15) is 33.8 Å². The fourth-order valence-corrected chi connectivity index (χ4v) is 5.89. The van der Waals surface area contributed by atoms with E-state index in [2.05, 4.69) is 10.3 Å². The molecule has 28 heavy (non-hydrogen) atoms. The van der Waals surface area contributed by atoms with E-state index < -0.39 is 10.0 Å². The van der Waals surface area contributed by atoms with Gasteiger partial charge < -0.3 is 10.1 Å². The van der Waals surface area contributed by atoms with Gasteiger partial charge in [-0.25, -0.2) is 13.4 Å². The number of carbonyl (C=O) groups excluding carboxylic acids is 1. The highest BCUT2D eigenvalue weighted by Gasteiger charge is 2.26. The van der Waals surface area contributed by atoms with Gasteiger partial charge in [0.15, 0.2) is 10.9 Å². The fourth-order valence-electron chi connectivity index (χ4n) is 3.43. The van der Waals surface area contributed by atoms with Crippen molar-refractivity contribution >= 4 is 32.3 Å². The summed E-state index contributed by atoms with van der Waals surface area (Å²) in [5.41, 5.74) is 1.64. The summed E-state index contributed by atoms with van der Waals surface area (Å²) >= 11 is 1.62. The van der Waals surface area contributed by atoms with Crippen LogP contribution in [0, 0.1) is 0 Å². The summed E-state index contributed by atoms with van der Waals surface area (Å²) < 4.78 is 31.9. The van der Waals surface area contributed by atoms with E-state index in [0.29, 0.717) is 31.9 Å². The van der Waals surface area contributed by atoms with Crippen LogP contribution in [0.4, 0.5) is 5.13 Å². The lowest BCUT2D eigenvalue weighted by Gasteiger charge is -2.26. The molecular formula is C19H23N3O4S2. The molecule has 0 saturated carbocycles. The molecule has 150 valence electrons. The van der Waals surface area contributed by atoms with Crippen molar-refractivity contribution in [3.05, 3.63) is 40.4 Å². The Bertz CT molecular complexity index is 925. The van der Waals surface area contributed by atoms with E-state index in [1.165, 1.54) is 34.2 Å². The van der Waals surface area contributed by atoms with Crippen LogP contribution in [0.5, 0.6) is 0 Å². The average Bonchev–Trinajstić information content (AvgIpc) is 3.16. The smallest absolute Gasteiger partial charge is 0.243 e. The lowest BCUT2D eigenvalue weighted by molar-refractivity contribution is 0.0730. The summed E-state index contributed by atoms with van der Waals surface area (Å²) in [4.78, 5) is 18.6. The molecule has 2 aliphatic rings. The van der Waals surface area contributed by atoms with Crippen molar-refractivity contribution < 1.29 is 17.9 Å². The molecule has 1 N–H and O–H groups in total. The number of fused-ring (bicyclic) bond motifs is 1. The molecule has 1 aromatic heterocycles. The minimum absolute atomic E-state index is 0.0940. The van der Waals surface area contributed by atoms with Gasteiger partial charge >= 0.3 is 0 Å². The van der Waals surface area contributed by atoms with Crippen molar-refractivity contribution in [3.63, 3.8) is 0 Å². The van der Waals surface area contributed by atoms with Gasteiger partial charge in [-0.2, -0.15) is 4.31 Å². The van der Waals surface area contributed by atoms with Crippen molar-refractivity contribution in [2.24, 2.45) is 0 Å². The van der Waals surface area contributed by atoms with Gasteiger partial charge in [-0.1, -0.05) is 0 Å². The molecule has 0 bridgehead atoms. The Morgan fingerprint density at radius 1 is 1.14 bits per heavy atom. The SMILES string of the molecule is O=C(CNc1nc2c(s1)CCCC2)c1ccc(S(=O)(=O)N2CCOCC2)cc1. The second-order valence-electron chi connectivity index (χ2n) is 6.91. The van der Waals surface area contributed by atoms with E-state index in [4.69, 9.17) is 4.74 Å².